The molecular weight excluding hydrogens is 400 g/mol. The fraction of sp³-hybridized carbons (Fsp3) is 0.452. The zero-order valence-corrected chi connectivity index (χ0v) is 22.1. The number of rotatable bonds is 11. The molecule has 2 nitrogen and oxygen atoms in total. The molecule has 0 bridgehead atoms. The third kappa shape index (κ3) is 7.19. The number of nitrogens with zero attached hydrogens (tertiary/aromatic N) is 2. The van der Waals surface area contributed by atoms with Crippen LogP contribution in [0.2, 0.25) is 0 Å². The van der Waals surface area contributed by atoms with Crippen LogP contribution in [0.5, 0.6) is 0 Å². The number of allylic oxidation sites excluding steroid dienone is 6. The molecule has 2 heteroatoms. The molecule has 1 aromatic heterocycles. The van der Waals surface area contributed by atoms with Crippen LogP contribution >= 0.6 is 0 Å². The SMILES string of the molecule is C=C/C=C(\C(C)=C/C)c1ccc(Cn2c(CCC)nc(C(C)(C)C)c2CCCC(=C)C)cc1. The van der Waals surface area contributed by atoms with Crippen LogP contribution in [-0.2, 0) is 24.8 Å². The third-order valence-corrected chi connectivity index (χ3v) is 6.10. The lowest BCUT2D eigenvalue weighted by Gasteiger charge is -2.20. The van der Waals surface area contributed by atoms with Crippen molar-refractivity contribution in [1.82, 2.24) is 9.55 Å². The molecule has 0 aliphatic rings. The van der Waals surface area contributed by atoms with Crippen LogP contribution in [-0.4, -0.2) is 9.55 Å². The van der Waals surface area contributed by atoms with Gasteiger partial charge in [-0.2, -0.15) is 0 Å². The van der Waals surface area contributed by atoms with E-state index in [0.717, 1.165) is 38.6 Å². The highest BCUT2D eigenvalue weighted by Crippen LogP contribution is 2.30. The van der Waals surface area contributed by atoms with Gasteiger partial charge in [-0.25, -0.2) is 4.98 Å². The zero-order valence-electron chi connectivity index (χ0n) is 22.1. The molecule has 178 valence electrons. The number of aromatic nitrogens is 2. The predicted molar refractivity (Wildman–Crippen MR) is 146 cm³/mol. The second kappa shape index (κ2) is 12.0. The maximum absolute atomic E-state index is 5.18. The van der Waals surface area contributed by atoms with Crippen LogP contribution in [0.4, 0.5) is 0 Å². The zero-order chi connectivity index (χ0) is 24.6. The van der Waals surface area contributed by atoms with Gasteiger partial charge in [0.15, 0.2) is 0 Å². The van der Waals surface area contributed by atoms with E-state index < -0.39 is 0 Å². The predicted octanol–water partition coefficient (Wildman–Crippen LogP) is 8.62. The van der Waals surface area contributed by atoms with Crippen LogP contribution in [0.15, 0.2) is 66.8 Å². The van der Waals surface area contributed by atoms with E-state index in [0.29, 0.717) is 0 Å². The maximum Gasteiger partial charge on any atom is 0.109 e. The fourth-order valence-corrected chi connectivity index (χ4v) is 4.25. The van der Waals surface area contributed by atoms with E-state index in [9.17, 15) is 0 Å². The van der Waals surface area contributed by atoms with E-state index in [1.165, 1.54) is 45.1 Å². The molecule has 0 N–H and O–H groups in total. The summed E-state index contributed by atoms with van der Waals surface area (Å²) in [4.78, 5) is 5.18. The van der Waals surface area contributed by atoms with Gasteiger partial charge in [0.25, 0.3) is 0 Å². The Morgan fingerprint density at radius 3 is 2.27 bits per heavy atom. The summed E-state index contributed by atoms with van der Waals surface area (Å²) in [6.45, 7) is 24.3. The highest BCUT2D eigenvalue weighted by atomic mass is 15.1. The summed E-state index contributed by atoms with van der Waals surface area (Å²) in [5, 5.41) is 0. The summed E-state index contributed by atoms with van der Waals surface area (Å²) in [5.74, 6) is 1.22. The monoisotopic (exact) mass is 444 g/mol. The van der Waals surface area contributed by atoms with E-state index >= 15 is 0 Å². The van der Waals surface area contributed by atoms with E-state index in [1.807, 2.05) is 6.08 Å². The largest absolute Gasteiger partial charge is 0.327 e. The summed E-state index contributed by atoms with van der Waals surface area (Å²) >= 11 is 0. The van der Waals surface area contributed by atoms with Crippen molar-refractivity contribution in [3.63, 3.8) is 0 Å². The maximum atomic E-state index is 5.18. The van der Waals surface area contributed by atoms with Gasteiger partial charge in [-0.05, 0) is 68.7 Å². The molecule has 0 saturated carbocycles. The molecule has 0 saturated heterocycles. The number of imidazole rings is 1. The van der Waals surface area contributed by atoms with E-state index in [4.69, 9.17) is 4.98 Å². The minimum Gasteiger partial charge on any atom is -0.327 e. The van der Waals surface area contributed by atoms with Gasteiger partial charge >= 0.3 is 0 Å². The Bertz CT molecular complexity index is 1000. The number of aryl methyl sites for hydroxylation is 1. The lowest BCUT2D eigenvalue weighted by atomic mass is 9.89. The van der Waals surface area contributed by atoms with Crippen molar-refractivity contribution in [3.05, 3.63) is 95.1 Å². The average molecular weight is 445 g/mol. The van der Waals surface area contributed by atoms with E-state index in [2.05, 4.69) is 103 Å². The Labute approximate surface area is 202 Å². The number of hydrogen-bond acceptors (Lipinski definition) is 1. The van der Waals surface area contributed by atoms with Crippen molar-refractivity contribution in [3.8, 4) is 0 Å². The van der Waals surface area contributed by atoms with Gasteiger partial charge in [0.2, 0.25) is 0 Å². The van der Waals surface area contributed by atoms with Crippen LogP contribution in [0.3, 0.4) is 0 Å². The smallest absolute Gasteiger partial charge is 0.109 e. The Morgan fingerprint density at radius 2 is 1.76 bits per heavy atom. The number of hydrogen-bond donors (Lipinski definition) is 0. The molecule has 0 atom stereocenters. The van der Waals surface area contributed by atoms with Crippen molar-refractivity contribution in [1.29, 1.82) is 0 Å². The Morgan fingerprint density at radius 1 is 1.09 bits per heavy atom. The Hall–Kier alpha value is -2.61. The molecule has 0 aliphatic carbocycles. The minimum atomic E-state index is 0.0323. The van der Waals surface area contributed by atoms with Gasteiger partial charge in [0.1, 0.15) is 5.82 Å². The highest BCUT2D eigenvalue weighted by molar-refractivity contribution is 5.79. The molecule has 33 heavy (non-hydrogen) atoms. The standard InChI is InChI=1S/C31H44N2/c1-10-14-27(24(6)12-3)26-20-18-25(19-21-26)22-33-28(17-13-16-23(4)5)30(31(7,8)9)32-29(33)15-11-2/h10,12,14,18-21H,1,4,11,13,15-17,22H2,2-3,5-9H3/b24-12-,27-14+. The Kier molecular flexibility index (Phi) is 9.70. The number of benzene rings is 1. The van der Waals surface area contributed by atoms with E-state index in [-0.39, 0.29) is 5.41 Å². The van der Waals surface area contributed by atoms with Gasteiger partial charge < -0.3 is 4.57 Å². The molecule has 0 spiro atoms. The average Bonchev–Trinajstić information content (AvgIpc) is 3.10. The summed E-state index contributed by atoms with van der Waals surface area (Å²) in [6, 6.07) is 9.00. The molecule has 0 fully saturated rings. The second-order valence-electron chi connectivity index (χ2n) is 10.2. The lowest BCUT2D eigenvalue weighted by molar-refractivity contribution is 0.556. The topological polar surface area (TPSA) is 17.8 Å². The van der Waals surface area contributed by atoms with Crippen molar-refractivity contribution < 1.29 is 0 Å². The van der Waals surface area contributed by atoms with E-state index in [1.54, 1.807) is 0 Å². The van der Waals surface area contributed by atoms with Crippen molar-refractivity contribution >= 4 is 5.57 Å². The summed E-state index contributed by atoms with van der Waals surface area (Å²) in [5.41, 5.74) is 8.96. The first-order valence-corrected chi connectivity index (χ1v) is 12.4. The molecule has 0 radical (unpaired) electrons. The van der Waals surface area contributed by atoms with Gasteiger partial charge in [0, 0.05) is 24.1 Å². The first-order valence-electron chi connectivity index (χ1n) is 12.4. The van der Waals surface area contributed by atoms with Crippen LogP contribution in [0, 0.1) is 0 Å². The van der Waals surface area contributed by atoms with Crippen LogP contribution < -0.4 is 0 Å². The molecule has 0 aliphatic heterocycles. The minimum absolute atomic E-state index is 0.0323. The highest BCUT2D eigenvalue weighted by Gasteiger charge is 2.25. The molecular formula is C31H44N2. The Balaban J connectivity index is 2.45. The van der Waals surface area contributed by atoms with Crippen molar-refractivity contribution in [2.75, 3.05) is 0 Å². The van der Waals surface area contributed by atoms with Gasteiger partial charge in [-0.3, -0.25) is 0 Å². The van der Waals surface area contributed by atoms with Gasteiger partial charge in [-0.15, -0.1) is 6.58 Å². The van der Waals surface area contributed by atoms with Gasteiger partial charge in [0.05, 0.1) is 5.69 Å². The quantitative estimate of drug-likeness (QED) is 0.250. The molecule has 2 rings (SSSR count). The molecule has 0 unspecified atom stereocenters. The molecule has 1 aromatic carbocycles. The summed E-state index contributed by atoms with van der Waals surface area (Å²) in [6.07, 6.45) is 11.4. The molecule has 1 heterocycles. The van der Waals surface area contributed by atoms with Crippen molar-refractivity contribution in [2.45, 2.75) is 92.5 Å². The third-order valence-electron chi connectivity index (χ3n) is 6.10. The first-order chi connectivity index (χ1) is 15.6. The normalized spacial score (nSPS) is 12.8. The molecule has 0 amide bonds. The van der Waals surface area contributed by atoms with Crippen molar-refractivity contribution in [2.24, 2.45) is 0 Å². The second-order valence-corrected chi connectivity index (χ2v) is 10.2. The van der Waals surface area contributed by atoms with Gasteiger partial charge in [-0.1, -0.05) is 82.3 Å². The first kappa shape index (κ1) is 26.6. The molecule has 2 aromatic rings. The lowest BCUT2D eigenvalue weighted by Crippen LogP contribution is -2.16. The fourth-order valence-electron chi connectivity index (χ4n) is 4.25. The van der Waals surface area contributed by atoms with Crippen LogP contribution in [0.1, 0.15) is 96.1 Å². The summed E-state index contributed by atoms with van der Waals surface area (Å²) in [7, 11) is 0. The summed E-state index contributed by atoms with van der Waals surface area (Å²) < 4.78 is 2.50. The van der Waals surface area contributed by atoms with Crippen LogP contribution in [0.25, 0.3) is 5.57 Å².